The highest BCUT2D eigenvalue weighted by atomic mass is 35.5. The van der Waals surface area contributed by atoms with Crippen LogP contribution in [-0.2, 0) is 17.4 Å². The zero-order valence-electron chi connectivity index (χ0n) is 16.4. The van der Waals surface area contributed by atoms with Crippen molar-refractivity contribution in [3.05, 3.63) is 83.6 Å². The molecule has 6 nitrogen and oxygen atoms in total. The maximum absolute atomic E-state index is 13.2. The minimum atomic E-state index is -4.55. The molecule has 0 atom stereocenters. The van der Waals surface area contributed by atoms with Crippen LogP contribution in [0.3, 0.4) is 0 Å². The summed E-state index contributed by atoms with van der Waals surface area (Å²) in [4.78, 5) is 16.6. The molecule has 0 spiro atoms. The quantitative estimate of drug-likeness (QED) is 0.396. The molecule has 0 unspecified atom stereocenters. The molecule has 164 valence electrons. The van der Waals surface area contributed by atoms with Crippen LogP contribution in [0.25, 0.3) is 17.0 Å². The van der Waals surface area contributed by atoms with Gasteiger partial charge in [-0.25, -0.2) is 9.67 Å². The van der Waals surface area contributed by atoms with E-state index >= 15 is 0 Å². The summed E-state index contributed by atoms with van der Waals surface area (Å²) in [6.07, 6.45) is 0.139. The van der Waals surface area contributed by atoms with Crippen molar-refractivity contribution in [2.24, 2.45) is 0 Å². The second kappa shape index (κ2) is 8.88. The Bertz CT molecular complexity index is 1240. The van der Waals surface area contributed by atoms with E-state index in [2.05, 4.69) is 15.4 Å². The normalized spacial score (nSPS) is 11.5. The Labute approximate surface area is 185 Å². The second-order valence-corrected chi connectivity index (χ2v) is 7.23. The lowest BCUT2D eigenvalue weighted by Gasteiger charge is -2.14. The maximum Gasteiger partial charge on any atom is 0.416 e. The first-order valence-electron chi connectivity index (χ1n) is 9.52. The lowest BCUT2D eigenvalue weighted by Crippen LogP contribution is -2.16. The summed E-state index contributed by atoms with van der Waals surface area (Å²) >= 11 is 6.15. The molecule has 4 rings (SSSR count). The van der Waals surface area contributed by atoms with Crippen molar-refractivity contribution < 1.29 is 22.4 Å². The molecular weight excluding hydrogens is 445 g/mol. The summed E-state index contributed by atoms with van der Waals surface area (Å²) in [7, 11) is 0. The van der Waals surface area contributed by atoms with E-state index in [0.29, 0.717) is 27.9 Å². The van der Waals surface area contributed by atoms with Gasteiger partial charge in [0.1, 0.15) is 0 Å². The summed E-state index contributed by atoms with van der Waals surface area (Å²) in [5, 5.41) is 7.07. The van der Waals surface area contributed by atoms with Crippen LogP contribution >= 0.6 is 11.6 Å². The molecular formula is C22H16ClF3N4O2. The molecule has 2 heterocycles. The van der Waals surface area contributed by atoms with Crippen LogP contribution in [0.4, 0.5) is 18.9 Å². The number of rotatable bonds is 6. The average molecular weight is 461 g/mol. The van der Waals surface area contributed by atoms with Crippen LogP contribution in [0.1, 0.15) is 17.9 Å². The van der Waals surface area contributed by atoms with Gasteiger partial charge in [-0.3, -0.25) is 4.79 Å². The Morgan fingerprint density at radius 1 is 1.16 bits per heavy atom. The van der Waals surface area contributed by atoms with Crippen LogP contribution in [0.15, 0.2) is 71.5 Å². The van der Waals surface area contributed by atoms with Gasteiger partial charge in [0.15, 0.2) is 11.7 Å². The van der Waals surface area contributed by atoms with Crippen molar-refractivity contribution in [1.82, 2.24) is 14.8 Å². The topological polar surface area (TPSA) is 73.0 Å². The highest BCUT2D eigenvalue weighted by Gasteiger charge is 2.31. The Kier molecular flexibility index (Phi) is 6.00. The summed E-state index contributed by atoms with van der Waals surface area (Å²) in [6, 6.07) is 11.8. The fourth-order valence-electron chi connectivity index (χ4n) is 3.07. The number of nitrogens with zero attached hydrogens (tertiary/aromatic N) is 3. The lowest BCUT2D eigenvalue weighted by molar-refractivity contribution is -0.137. The van der Waals surface area contributed by atoms with Gasteiger partial charge in [0, 0.05) is 30.8 Å². The van der Waals surface area contributed by atoms with Gasteiger partial charge in [0.05, 0.1) is 28.2 Å². The lowest BCUT2D eigenvalue weighted by atomic mass is 10.1. The largest absolute Gasteiger partial charge is 0.441 e. The van der Waals surface area contributed by atoms with Crippen molar-refractivity contribution >= 4 is 23.2 Å². The molecule has 0 bridgehead atoms. The molecule has 0 aliphatic rings. The van der Waals surface area contributed by atoms with E-state index in [0.717, 1.165) is 12.1 Å². The monoisotopic (exact) mass is 460 g/mol. The molecule has 0 aliphatic carbocycles. The van der Waals surface area contributed by atoms with Crippen LogP contribution in [0.5, 0.6) is 0 Å². The summed E-state index contributed by atoms with van der Waals surface area (Å²) in [6.45, 7) is 0. The van der Waals surface area contributed by atoms with Crippen LogP contribution in [-0.4, -0.2) is 20.7 Å². The van der Waals surface area contributed by atoms with E-state index in [4.69, 9.17) is 16.0 Å². The molecule has 0 radical (unpaired) electrons. The third-order valence-electron chi connectivity index (χ3n) is 4.61. The number of benzene rings is 2. The Hall–Kier alpha value is -3.59. The smallest absolute Gasteiger partial charge is 0.416 e. The van der Waals surface area contributed by atoms with Crippen LogP contribution in [0, 0.1) is 0 Å². The molecule has 2 aromatic heterocycles. The standard InChI is InChI=1S/C22H16ClF3N4O2/c23-16-5-2-1-4-15(16)19-13-27-21(32-19)9-8-20(31)29-17-12-14(22(24,25)26)6-7-18(17)30-11-3-10-28-30/h1-7,10-13H,8-9H2,(H,29,31). The molecule has 1 N–H and O–H groups in total. The SMILES string of the molecule is O=C(CCc1ncc(-c2ccccc2Cl)o1)Nc1cc(C(F)(F)F)ccc1-n1cccn1. The minimum absolute atomic E-state index is 0.00214. The summed E-state index contributed by atoms with van der Waals surface area (Å²) in [5.74, 6) is 0.284. The number of aryl methyl sites for hydroxylation is 1. The van der Waals surface area contributed by atoms with Gasteiger partial charge in [-0.2, -0.15) is 18.3 Å². The van der Waals surface area contributed by atoms with E-state index < -0.39 is 17.6 Å². The predicted molar refractivity (Wildman–Crippen MR) is 112 cm³/mol. The van der Waals surface area contributed by atoms with Gasteiger partial charge >= 0.3 is 6.18 Å². The highest BCUT2D eigenvalue weighted by molar-refractivity contribution is 6.33. The zero-order valence-corrected chi connectivity index (χ0v) is 17.2. The summed E-state index contributed by atoms with van der Waals surface area (Å²) < 4.78 is 46.5. The molecule has 1 amide bonds. The molecule has 0 saturated heterocycles. The van der Waals surface area contributed by atoms with Crippen molar-refractivity contribution in [3.8, 4) is 17.0 Å². The number of oxazole rings is 1. The van der Waals surface area contributed by atoms with Gasteiger partial charge in [0.25, 0.3) is 0 Å². The number of halogens is 4. The second-order valence-electron chi connectivity index (χ2n) is 6.83. The first-order chi connectivity index (χ1) is 15.3. The van der Waals surface area contributed by atoms with Gasteiger partial charge in [0.2, 0.25) is 5.91 Å². The van der Waals surface area contributed by atoms with Gasteiger partial charge in [-0.1, -0.05) is 23.7 Å². The molecule has 0 fully saturated rings. The number of aromatic nitrogens is 3. The van der Waals surface area contributed by atoms with E-state index in [-0.39, 0.29) is 18.5 Å². The van der Waals surface area contributed by atoms with Gasteiger partial charge in [-0.15, -0.1) is 0 Å². The molecule has 0 saturated carbocycles. The van der Waals surface area contributed by atoms with Crippen LogP contribution in [0.2, 0.25) is 5.02 Å². The Morgan fingerprint density at radius 3 is 2.69 bits per heavy atom. The fourth-order valence-corrected chi connectivity index (χ4v) is 3.30. The zero-order chi connectivity index (χ0) is 22.7. The minimum Gasteiger partial charge on any atom is -0.441 e. The van der Waals surface area contributed by atoms with E-state index in [1.54, 1.807) is 30.5 Å². The summed E-state index contributed by atoms with van der Waals surface area (Å²) in [5.41, 5.74) is 0.108. The molecule has 4 aromatic rings. The molecule has 2 aromatic carbocycles. The molecule has 0 aliphatic heterocycles. The van der Waals surface area contributed by atoms with E-state index in [9.17, 15) is 18.0 Å². The third kappa shape index (κ3) is 4.83. The first-order valence-corrected chi connectivity index (χ1v) is 9.90. The van der Waals surface area contributed by atoms with Crippen molar-refractivity contribution in [3.63, 3.8) is 0 Å². The third-order valence-corrected chi connectivity index (χ3v) is 4.94. The maximum atomic E-state index is 13.2. The number of nitrogens with one attached hydrogen (secondary N) is 1. The van der Waals surface area contributed by atoms with Crippen LogP contribution < -0.4 is 5.32 Å². The number of carbonyl (C=O) groups is 1. The molecule has 10 heteroatoms. The number of hydrogen-bond acceptors (Lipinski definition) is 4. The molecule has 32 heavy (non-hydrogen) atoms. The highest BCUT2D eigenvalue weighted by Crippen LogP contribution is 2.33. The van der Waals surface area contributed by atoms with Crippen molar-refractivity contribution in [2.75, 3.05) is 5.32 Å². The number of anilines is 1. The number of carbonyl (C=O) groups excluding carboxylic acids is 1. The fraction of sp³-hybridized carbons (Fsp3) is 0.136. The average Bonchev–Trinajstić information content (AvgIpc) is 3.44. The number of alkyl halides is 3. The van der Waals surface area contributed by atoms with Gasteiger partial charge in [-0.05, 0) is 36.4 Å². The number of amides is 1. The van der Waals surface area contributed by atoms with Crippen molar-refractivity contribution in [2.45, 2.75) is 19.0 Å². The predicted octanol–water partition coefficient (Wildman–Crippen LogP) is 5.77. The Morgan fingerprint density at radius 2 is 1.97 bits per heavy atom. The van der Waals surface area contributed by atoms with E-state index in [1.165, 1.54) is 23.1 Å². The van der Waals surface area contributed by atoms with Crippen molar-refractivity contribution in [1.29, 1.82) is 0 Å². The Balaban J connectivity index is 1.48. The van der Waals surface area contributed by atoms with Gasteiger partial charge < -0.3 is 9.73 Å². The number of hydrogen-bond donors (Lipinski definition) is 1. The first kappa shape index (κ1) is 21.6. The van der Waals surface area contributed by atoms with E-state index in [1.807, 2.05) is 6.07 Å².